The van der Waals surface area contributed by atoms with Gasteiger partial charge in [-0.1, -0.05) is 0 Å². The summed E-state index contributed by atoms with van der Waals surface area (Å²) < 4.78 is 7.43. The van der Waals surface area contributed by atoms with Crippen molar-refractivity contribution in [3.63, 3.8) is 0 Å². The van der Waals surface area contributed by atoms with Gasteiger partial charge in [-0.25, -0.2) is 0 Å². The molecule has 5 nitrogen and oxygen atoms in total. The van der Waals surface area contributed by atoms with Gasteiger partial charge in [0.2, 0.25) is 0 Å². The van der Waals surface area contributed by atoms with Crippen LogP contribution in [0.3, 0.4) is 0 Å². The first-order valence-electron chi connectivity index (χ1n) is 6.50. The molecule has 0 bridgehead atoms. The zero-order valence-electron chi connectivity index (χ0n) is 12.5. The Morgan fingerprint density at radius 2 is 2.00 bits per heavy atom. The van der Waals surface area contributed by atoms with E-state index in [4.69, 9.17) is 10.5 Å². The molecule has 0 aliphatic carbocycles. The molecule has 0 unspecified atom stereocenters. The summed E-state index contributed by atoms with van der Waals surface area (Å²) in [6.07, 6.45) is 3.40. The van der Waals surface area contributed by atoms with Crippen molar-refractivity contribution in [2.75, 3.05) is 12.8 Å². The summed E-state index contributed by atoms with van der Waals surface area (Å²) in [5, 5.41) is 0. The molecule has 0 fully saturated rings. The fraction of sp³-hybridized carbons (Fsp3) is 0.333. The molecule has 2 N–H and O–H groups in total. The van der Waals surface area contributed by atoms with Gasteiger partial charge in [-0.3, -0.25) is 9.78 Å². The van der Waals surface area contributed by atoms with E-state index in [2.05, 4.69) is 20.9 Å². The highest BCUT2D eigenvalue weighted by atomic mass is 79.9. The number of rotatable bonds is 3. The van der Waals surface area contributed by atoms with Gasteiger partial charge in [-0.15, -0.1) is 0 Å². The topological polar surface area (TPSA) is 70.1 Å². The van der Waals surface area contributed by atoms with Crippen molar-refractivity contribution < 1.29 is 4.74 Å². The molecule has 21 heavy (non-hydrogen) atoms. The van der Waals surface area contributed by atoms with Crippen LogP contribution in [0.25, 0.3) is 0 Å². The standard InChI is InChI=1S/C15H18BrN3O2/c1-8-5-18-12(10(3)14(8)21-4)7-19-6-11(17)9(2)13(16)15(19)20/h5-6H,7,17H2,1-4H3. The number of nitrogens with two attached hydrogens (primary N) is 1. The predicted molar refractivity (Wildman–Crippen MR) is 86.9 cm³/mol. The van der Waals surface area contributed by atoms with E-state index in [9.17, 15) is 4.79 Å². The number of pyridine rings is 2. The second-order valence-corrected chi connectivity index (χ2v) is 5.80. The van der Waals surface area contributed by atoms with Crippen LogP contribution in [0, 0.1) is 20.8 Å². The molecule has 0 aromatic carbocycles. The molecule has 112 valence electrons. The predicted octanol–water partition coefficient (Wildman–Crippen LogP) is 2.57. The van der Waals surface area contributed by atoms with Gasteiger partial charge in [0.1, 0.15) is 5.75 Å². The lowest BCUT2D eigenvalue weighted by Crippen LogP contribution is -2.23. The minimum Gasteiger partial charge on any atom is -0.496 e. The summed E-state index contributed by atoms with van der Waals surface area (Å²) in [5.41, 5.74) is 9.81. The molecular weight excluding hydrogens is 334 g/mol. The molecule has 2 heterocycles. The van der Waals surface area contributed by atoms with Gasteiger partial charge >= 0.3 is 0 Å². The van der Waals surface area contributed by atoms with Crippen LogP contribution in [-0.2, 0) is 6.54 Å². The molecule has 2 aromatic rings. The van der Waals surface area contributed by atoms with Crippen molar-refractivity contribution in [3.05, 3.63) is 49.6 Å². The number of nitrogen functional groups attached to an aromatic ring is 1. The van der Waals surface area contributed by atoms with E-state index >= 15 is 0 Å². The van der Waals surface area contributed by atoms with Crippen LogP contribution in [0.5, 0.6) is 5.75 Å². The Labute approximate surface area is 131 Å². The summed E-state index contributed by atoms with van der Waals surface area (Å²) in [6, 6.07) is 0. The first-order chi connectivity index (χ1) is 9.86. The molecule has 0 saturated carbocycles. The van der Waals surface area contributed by atoms with Gasteiger partial charge in [-0.2, -0.15) is 0 Å². The van der Waals surface area contributed by atoms with Crippen molar-refractivity contribution in [2.24, 2.45) is 0 Å². The monoisotopic (exact) mass is 351 g/mol. The highest BCUT2D eigenvalue weighted by Crippen LogP contribution is 2.25. The fourth-order valence-electron chi connectivity index (χ4n) is 2.25. The molecule has 0 amide bonds. The molecule has 2 rings (SSSR count). The number of hydrogen-bond acceptors (Lipinski definition) is 4. The average Bonchev–Trinajstić information content (AvgIpc) is 2.45. The third kappa shape index (κ3) is 2.81. The number of ether oxygens (including phenoxy) is 1. The number of aryl methyl sites for hydroxylation is 1. The Bertz CT molecular complexity index is 754. The third-order valence-electron chi connectivity index (χ3n) is 3.58. The van der Waals surface area contributed by atoms with Gasteiger partial charge in [0.25, 0.3) is 5.56 Å². The summed E-state index contributed by atoms with van der Waals surface area (Å²) in [7, 11) is 1.63. The van der Waals surface area contributed by atoms with Crippen LogP contribution in [-0.4, -0.2) is 16.7 Å². The SMILES string of the molecule is COc1c(C)cnc(Cn2cc(N)c(C)c(Br)c2=O)c1C. The van der Waals surface area contributed by atoms with E-state index in [1.54, 1.807) is 24.1 Å². The highest BCUT2D eigenvalue weighted by Gasteiger charge is 2.13. The van der Waals surface area contributed by atoms with Crippen LogP contribution in [0.2, 0.25) is 0 Å². The van der Waals surface area contributed by atoms with Crippen LogP contribution in [0.15, 0.2) is 21.7 Å². The molecular formula is C15H18BrN3O2. The smallest absolute Gasteiger partial charge is 0.265 e. The molecule has 0 spiro atoms. The minimum absolute atomic E-state index is 0.123. The number of aromatic nitrogens is 2. The normalized spacial score (nSPS) is 10.7. The lowest BCUT2D eigenvalue weighted by molar-refractivity contribution is 0.406. The van der Waals surface area contributed by atoms with Gasteiger partial charge < -0.3 is 15.0 Å². The maximum atomic E-state index is 12.3. The van der Waals surface area contributed by atoms with E-state index in [1.807, 2.05) is 20.8 Å². The van der Waals surface area contributed by atoms with E-state index in [1.165, 1.54) is 0 Å². The lowest BCUT2D eigenvalue weighted by atomic mass is 10.1. The zero-order chi connectivity index (χ0) is 15.7. The van der Waals surface area contributed by atoms with Crippen molar-refractivity contribution in [1.82, 2.24) is 9.55 Å². The quantitative estimate of drug-likeness (QED) is 0.922. The minimum atomic E-state index is -0.123. The van der Waals surface area contributed by atoms with E-state index < -0.39 is 0 Å². The summed E-state index contributed by atoms with van der Waals surface area (Å²) in [4.78, 5) is 16.7. The molecule has 2 aromatic heterocycles. The zero-order valence-corrected chi connectivity index (χ0v) is 14.1. The maximum Gasteiger partial charge on any atom is 0.265 e. The van der Waals surface area contributed by atoms with Crippen molar-refractivity contribution in [3.8, 4) is 5.75 Å². The molecule has 0 saturated heterocycles. The van der Waals surface area contributed by atoms with E-state index in [0.717, 1.165) is 28.1 Å². The number of halogens is 1. The Morgan fingerprint density at radius 3 is 2.62 bits per heavy atom. The first kappa shape index (κ1) is 15.6. The van der Waals surface area contributed by atoms with Gasteiger partial charge in [0.05, 0.1) is 29.5 Å². The maximum absolute atomic E-state index is 12.3. The first-order valence-corrected chi connectivity index (χ1v) is 7.30. The average molecular weight is 352 g/mol. The third-order valence-corrected chi connectivity index (χ3v) is 4.51. The fourth-order valence-corrected chi connectivity index (χ4v) is 2.70. The molecule has 0 aliphatic rings. The highest BCUT2D eigenvalue weighted by molar-refractivity contribution is 9.10. The van der Waals surface area contributed by atoms with Crippen molar-refractivity contribution in [1.29, 1.82) is 0 Å². The van der Waals surface area contributed by atoms with E-state index in [-0.39, 0.29) is 5.56 Å². The van der Waals surface area contributed by atoms with Crippen LogP contribution >= 0.6 is 15.9 Å². The summed E-state index contributed by atoms with van der Waals surface area (Å²) >= 11 is 3.29. The second kappa shape index (κ2) is 5.89. The number of hydrogen-bond donors (Lipinski definition) is 1. The number of anilines is 1. The Balaban J connectivity index is 2.52. The van der Waals surface area contributed by atoms with E-state index in [0.29, 0.717) is 16.7 Å². The van der Waals surface area contributed by atoms with Gasteiger partial charge in [0.15, 0.2) is 0 Å². The van der Waals surface area contributed by atoms with Crippen LogP contribution in [0.4, 0.5) is 5.69 Å². The molecule has 6 heteroatoms. The van der Waals surface area contributed by atoms with Gasteiger partial charge in [0, 0.05) is 23.5 Å². The largest absolute Gasteiger partial charge is 0.496 e. The Kier molecular flexibility index (Phi) is 4.37. The Morgan fingerprint density at radius 1 is 1.33 bits per heavy atom. The van der Waals surface area contributed by atoms with Crippen molar-refractivity contribution in [2.45, 2.75) is 27.3 Å². The Hall–Kier alpha value is -1.82. The number of methoxy groups -OCH3 is 1. The molecule has 0 radical (unpaired) electrons. The summed E-state index contributed by atoms with van der Waals surface area (Å²) in [6.45, 7) is 6.04. The van der Waals surface area contributed by atoms with Crippen LogP contribution in [0.1, 0.15) is 22.4 Å². The van der Waals surface area contributed by atoms with Gasteiger partial charge in [-0.05, 0) is 42.3 Å². The number of nitrogens with zero attached hydrogens (tertiary/aromatic N) is 2. The summed E-state index contributed by atoms with van der Waals surface area (Å²) in [5.74, 6) is 0.798. The second-order valence-electron chi connectivity index (χ2n) is 5.00. The van der Waals surface area contributed by atoms with Crippen molar-refractivity contribution >= 4 is 21.6 Å². The lowest BCUT2D eigenvalue weighted by Gasteiger charge is -2.14. The molecule has 0 aliphatic heterocycles. The van der Waals surface area contributed by atoms with Crippen LogP contribution < -0.4 is 16.0 Å². The molecule has 0 atom stereocenters.